The molecule has 0 aromatic carbocycles. The summed E-state index contributed by atoms with van der Waals surface area (Å²) in [4.78, 5) is 11.2. The van der Waals surface area contributed by atoms with Gasteiger partial charge in [0.2, 0.25) is 10.0 Å². The summed E-state index contributed by atoms with van der Waals surface area (Å²) in [6, 6.07) is -0.237. The fraction of sp³-hybridized carbons (Fsp3) is 0.889. The molecule has 0 saturated carbocycles. The van der Waals surface area contributed by atoms with E-state index in [4.69, 9.17) is 4.74 Å². The summed E-state index contributed by atoms with van der Waals surface area (Å²) in [5.74, 6) is -0.520. The van der Waals surface area contributed by atoms with Gasteiger partial charge in [0.05, 0.1) is 12.4 Å². The Morgan fingerprint density at radius 1 is 1.33 bits per heavy atom. The predicted molar refractivity (Wildman–Crippen MR) is 57.9 cm³/mol. The predicted octanol–water partition coefficient (Wildman–Crippen LogP) is 0.610. The van der Waals surface area contributed by atoms with E-state index >= 15 is 0 Å². The molecule has 0 fully saturated rings. The molecule has 0 N–H and O–H groups in total. The van der Waals surface area contributed by atoms with Gasteiger partial charge in [0.1, 0.15) is 6.54 Å². The van der Waals surface area contributed by atoms with Crippen LogP contribution in [0.4, 0.5) is 0 Å². The van der Waals surface area contributed by atoms with Crippen LogP contribution < -0.4 is 0 Å². The van der Waals surface area contributed by atoms with Gasteiger partial charge < -0.3 is 4.74 Å². The number of ether oxygens (including phenoxy) is 1. The summed E-state index contributed by atoms with van der Waals surface area (Å²) < 4.78 is 29.1. The Hall–Kier alpha value is -0.620. The molecular formula is C9H19NO4S. The Morgan fingerprint density at radius 2 is 1.87 bits per heavy atom. The van der Waals surface area contributed by atoms with Gasteiger partial charge in [0.25, 0.3) is 0 Å². The third-order valence-corrected chi connectivity index (χ3v) is 3.88. The van der Waals surface area contributed by atoms with Gasteiger partial charge in [-0.2, -0.15) is 4.31 Å². The highest BCUT2D eigenvalue weighted by Crippen LogP contribution is 2.07. The summed E-state index contributed by atoms with van der Waals surface area (Å²) >= 11 is 0. The first-order chi connectivity index (χ1) is 6.85. The van der Waals surface area contributed by atoms with Gasteiger partial charge in [0, 0.05) is 6.04 Å². The second-order valence-electron chi connectivity index (χ2n) is 3.34. The summed E-state index contributed by atoms with van der Waals surface area (Å²) in [6.45, 7) is 6.75. The van der Waals surface area contributed by atoms with Crippen LogP contribution in [0.25, 0.3) is 0 Å². The highest BCUT2D eigenvalue weighted by atomic mass is 32.2. The van der Waals surface area contributed by atoms with Gasteiger partial charge >= 0.3 is 5.97 Å². The topological polar surface area (TPSA) is 63.7 Å². The smallest absolute Gasteiger partial charge is 0.321 e. The van der Waals surface area contributed by atoms with Gasteiger partial charge in [-0.3, -0.25) is 4.79 Å². The number of hydrogen-bond acceptors (Lipinski definition) is 4. The quantitative estimate of drug-likeness (QED) is 0.635. The minimum absolute atomic E-state index is 0.00934. The Balaban J connectivity index is 4.64. The monoisotopic (exact) mass is 237 g/mol. The van der Waals surface area contributed by atoms with E-state index in [0.717, 1.165) is 4.31 Å². The van der Waals surface area contributed by atoms with Crippen LogP contribution in [0, 0.1) is 0 Å². The number of carbonyl (C=O) groups is 1. The van der Waals surface area contributed by atoms with Gasteiger partial charge in [-0.15, -0.1) is 0 Å². The Labute approximate surface area is 91.5 Å². The van der Waals surface area contributed by atoms with Crippen LogP contribution in [0.15, 0.2) is 0 Å². The summed E-state index contributed by atoms with van der Waals surface area (Å²) in [7, 11) is -3.34. The molecular weight excluding hydrogens is 218 g/mol. The normalized spacial score (nSPS) is 12.1. The molecule has 0 aromatic heterocycles. The second-order valence-corrected chi connectivity index (χ2v) is 5.55. The first-order valence-corrected chi connectivity index (χ1v) is 6.61. The number of esters is 1. The van der Waals surface area contributed by atoms with E-state index in [0.29, 0.717) is 0 Å². The maximum absolute atomic E-state index is 11.6. The van der Waals surface area contributed by atoms with Crippen LogP contribution >= 0.6 is 0 Å². The lowest BCUT2D eigenvalue weighted by Crippen LogP contribution is -2.42. The van der Waals surface area contributed by atoms with Crippen molar-refractivity contribution < 1.29 is 17.9 Å². The zero-order valence-corrected chi connectivity index (χ0v) is 10.5. The van der Waals surface area contributed by atoms with Crippen molar-refractivity contribution in [3.05, 3.63) is 0 Å². The van der Waals surface area contributed by atoms with Crippen LogP contribution in [0.2, 0.25) is 0 Å². The Morgan fingerprint density at radius 3 is 2.20 bits per heavy atom. The highest BCUT2D eigenvalue weighted by molar-refractivity contribution is 7.89. The lowest BCUT2D eigenvalue weighted by molar-refractivity contribution is -0.143. The molecule has 15 heavy (non-hydrogen) atoms. The zero-order chi connectivity index (χ0) is 12.1. The fourth-order valence-corrected chi connectivity index (χ4v) is 2.38. The maximum Gasteiger partial charge on any atom is 0.321 e. The molecule has 0 amide bonds. The molecule has 0 heterocycles. The molecule has 0 atom stereocenters. The number of carbonyl (C=O) groups excluding carboxylic acids is 1. The standard InChI is InChI=1S/C9H19NO4S/c1-5-14-9(11)7-10(8(3)4)15(12,13)6-2/h8H,5-7H2,1-4H3. The summed E-state index contributed by atoms with van der Waals surface area (Å²) in [5.41, 5.74) is 0. The van der Waals surface area contributed by atoms with E-state index in [2.05, 4.69) is 0 Å². The molecule has 6 heteroatoms. The molecule has 0 aliphatic rings. The summed E-state index contributed by atoms with van der Waals surface area (Å²) in [6.07, 6.45) is 0. The van der Waals surface area contributed by atoms with E-state index < -0.39 is 16.0 Å². The van der Waals surface area contributed by atoms with Crippen molar-refractivity contribution >= 4 is 16.0 Å². The Bertz CT molecular complexity index is 297. The molecule has 0 aromatic rings. The minimum Gasteiger partial charge on any atom is -0.465 e. The van der Waals surface area contributed by atoms with Gasteiger partial charge in [0.15, 0.2) is 0 Å². The average molecular weight is 237 g/mol. The third kappa shape index (κ3) is 4.61. The SMILES string of the molecule is CCOC(=O)CN(C(C)C)S(=O)(=O)CC. The average Bonchev–Trinajstić information content (AvgIpc) is 2.14. The molecule has 0 aliphatic carbocycles. The van der Waals surface area contributed by atoms with Gasteiger partial charge in [-0.1, -0.05) is 0 Å². The van der Waals surface area contributed by atoms with Crippen molar-refractivity contribution in [1.82, 2.24) is 4.31 Å². The number of hydrogen-bond donors (Lipinski definition) is 0. The molecule has 0 bridgehead atoms. The largest absolute Gasteiger partial charge is 0.465 e. The molecule has 0 aliphatic heterocycles. The Kier molecular flexibility index (Phi) is 5.82. The molecule has 0 rings (SSSR count). The highest BCUT2D eigenvalue weighted by Gasteiger charge is 2.25. The van der Waals surface area contributed by atoms with E-state index in [1.807, 2.05) is 0 Å². The van der Waals surface area contributed by atoms with Crippen molar-refractivity contribution in [2.24, 2.45) is 0 Å². The molecule has 0 spiro atoms. The van der Waals surface area contributed by atoms with Crippen LogP contribution in [0.3, 0.4) is 0 Å². The number of nitrogens with zero attached hydrogens (tertiary/aromatic N) is 1. The first-order valence-electron chi connectivity index (χ1n) is 5.00. The van der Waals surface area contributed by atoms with E-state index in [1.54, 1.807) is 27.7 Å². The van der Waals surface area contributed by atoms with Crippen molar-refractivity contribution in [1.29, 1.82) is 0 Å². The lowest BCUT2D eigenvalue weighted by atomic mass is 10.4. The number of sulfonamides is 1. The van der Waals surface area contributed by atoms with Crippen LogP contribution in [-0.4, -0.2) is 43.6 Å². The van der Waals surface area contributed by atoms with Crippen LogP contribution in [0.5, 0.6) is 0 Å². The van der Waals surface area contributed by atoms with E-state index in [1.165, 1.54) is 0 Å². The van der Waals surface area contributed by atoms with Crippen LogP contribution in [0.1, 0.15) is 27.7 Å². The maximum atomic E-state index is 11.6. The molecule has 0 saturated heterocycles. The molecule has 90 valence electrons. The lowest BCUT2D eigenvalue weighted by Gasteiger charge is -2.24. The number of rotatable bonds is 6. The minimum atomic E-state index is -3.34. The van der Waals surface area contributed by atoms with Crippen molar-refractivity contribution in [3.63, 3.8) is 0 Å². The third-order valence-electron chi connectivity index (χ3n) is 1.89. The second kappa shape index (κ2) is 6.07. The van der Waals surface area contributed by atoms with E-state index in [9.17, 15) is 13.2 Å². The van der Waals surface area contributed by atoms with Gasteiger partial charge in [-0.05, 0) is 27.7 Å². The first kappa shape index (κ1) is 14.4. The summed E-state index contributed by atoms with van der Waals surface area (Å²) in [5, 5.41) is 0. The van der Waals surface area contributed by atoms with Crippen molar-refractivity contribution in [3.8, 4) is 0 Å². The zero-order valence-electron chi connectivity index (χ0n) is 9.69. The van der Waals surface area contributed by atoms with E-state index in [-0.39, 0.29) is 24.9 Å². The van der Waals surface area contributed by atoms with Crippen molar-refractivity contribution in [2.75, 3.05) is 18.9 Å². The van der Waals surface area contributed by atoms with Crippen LogP contribution in [-0.2, 0) is 19.6 Å². The fourth-order valence-electron chi connectivity index (χ4n) is 1.10. The van der Waals surface area contributed by atoms with Crippen molar-refractivity contribution in [2.45, 2.75) is 33.7 Å². The molecule has 0 radical (unpaired) electrons. The van der Waals surface area contributed by atoms with Gasteiger partial charge in [-0.25, -0.2) is 8.42 Å². The molecule has 0 unspecified atom stereocenters. The molecule has 5 nitrogen and oxygen atoms in total.